The summed E-state index contributed by atoms with van der Waals surface area (Å²) >= 11 is 0. The fourth-order valence-corrected chi connectivity index (χ4v) is 2.28. The first-order valence-electron chi connectivity index (χ1n) is 5.05. The fraction of sp³-hybridized carbons (Fsp3) is 0.250. The Morgan fingerprint density at radius 3 is 3.13 bits per heavy atom. The number of nitrogens with zero attached hydrogens (tertiary/aromatic N) is 1. The molecule has 2 heterocycles. The minimum atomic E-state index is -0.643. The molecule has 0 aliphatic carbocycles. The maximum Gasteiger partial charge on any atom is 0.230 e. The number of aliphatic hydroxyl groups excluding tert-OH is 1. The molecule has 0 aromatic heterocycles. The zero-order valence-corrected chi connectivity index (χ0v) is 8.18. The van der Waals surface area contributed by atoms with Crippen molar-refractivity contribution in [1.29, 1.82) is 0 Å². The van der Waals surface area contributed by atoms with Gasteiger partial charge in [-0.3, -0.25) is 4.79 Å². The summed E-state index contributed by atoms with van der Waals surface area (Å²) in [7, 11) is 0. The number of carbonyl (C=O) groups excluding carboxylic acids is 1. The third kappa shape index (κ3) is 1.13. The van der Waals surface area contributed by atoms with Gasteiger partial charge in [0, 0.05) is 12.1 Å². The Bertz CT molecular complexity index is 465. The van der Waals surface area contributed by atoms with E-state index in [0.717, 1.165) is 16.8 Å². The van der Waals surface area contributed by atoms with Crippen LogP contribution in [0.3, 0.4) is 0 Å². The first-order chi connectivity index (χ1) is 7.27. The molecular formula is C12H11NO2. The monoisotopic (exact) mass is 201 g/mol. The normalized spacial score (nSPS) is 22.9. The summed E-state index contributed by atoms with van der Waals surface area (Å²) in [6.45, 7) is 0.621. The number of anilines is 1. The molecule has 1 aromatic carbocycles. The van der Waals surface area contributed by atoms with Crippen molar-refractivity contribution in [3.63, 3.8) is 0 Å². The zero-order valence-electron chi connectivity index (χ0n) is 8.18. The van der Waals surface area contributed by atoms with E-state index in [-0.39, 0.29) is 12.3 Å². The van der Waals surface area contributed by atoms with Crippen molar-refractivity contribution in [1.82, 2.24) is 0 Å². The van der Waals surface area contributed by atoms with Crippen molar-refractivity contribution in [3.8, 4) is 0 Å². The van der Waals surface area contributed by atoms with Crippen LogP contribution in [0.4, 0.5) is 5.69 Å². The number of hydrogen-bond donors (Lipinski definition) is 1. The largest absolute Gasteiger partial charge is 0.388 e. The van der Waals surface area contributed by atoms with E-state index in [4.69, 9.17) is 0 Å². The lowest BCUT2D eigenvalue weighted by Gasteiger charge is -2.34. The van der Waals surface area contributed by atoms with Gasteiger partial charge in [0.05, 0.1) is 18.2 Å². The second-order valence-electron chi connectivity index (χ2n) is 3.91. The summed E-state index contributed by atoms with van der Waals surface area (Å²) in [5.41, 5.74) is 2.78. The molecule has 1 aromatic rings. The average molecular weight is 201 g/mol. The van der Waals surface area contributed by atoms with Crippen LogP contribution in [-0.4, -0.2) is 17.6 Å². The van der Waals surface area contributed by atoms with Crippen LogP contribution in [-0.2, 0) is 4.79 Å². The molecule has 1 unspecified atom stereocenters. The van der Waals surface area contributed by atoms with Crippen molar-refractivity contribution in [2.24, 2.45) is 0 Å². The van der Waals surface area contributed by atoms with Gasteiger partial charge in [-0.2, -0.15) is 0 Å². The Kier molecular flexibility index (Phi) is 1.70. The van der Waals surface area contributed by atoms with Crippen LogP contribution < -0.4 is 4.90 Å². The lowest BCUT2D eigenvalue weighted by molar-refractivity contribution is -0.121. The number of hydrogen-bond acceptors (Lipinski definition) is 2. The molecule has 0 bridgehead atoms. The number of carbonyl (C=O) groups is 1. The van der Waals surface area contributed by atoms with Gasteiger partial charge in [0.2, 0.25) is 5.91 Å². The molecule has 3 heteroatoms. The Labute approximate surface area is 87.6 Å². The SMILES string of the molecule is O=C1CC(O)c2cccc3c2N1CC=C3. The lowest BCUT2D eigenvalue weighted by atomic mass is 9.93. The topological polar surface area (TPSA) is 40.5 Å². The van der Waals surface area contributed by atoms with Gasteiger partial charge in [-0.1, -0.05) is 30.4 Å². The number of para-hydroxylation sites is 1. The van der Waals surface area contributed by atoms with Gasteiger partial charge in [-0.05, 0) is 5.56 Å². The van der Waals surface area contributed by atoms with E-state index in [1.807, 2.05) is 30.4 Å². The lowest BCUT2D eigenvalue weighted by Crippen LogP contribution is -2.38. The summed E-state index contributed by atoms with van der Waals surface area (Å²) in [6, 6.07) is 5.77. The molecule has 1 N–H and O–H groups in total. The van der Waals surface area contributed by atoms with Gasteiger partial charge in [0.1, 0.15) is 0 Å². The van der Waals surface area contributed by atoms with E-state index in [1.165, 1.54) is 0 Å². The van der Waals surface area contributed by atoms with E-state index in [0.29, 0.717) is 6.54 Å². The quantitative estimate of drug-likeness (QED) is 0.690. The highest BCUT2D eigenvalue weighted by Gasteiger charge is 2.31. The van der Waals surface area contributed by atoms with E-state index >= 15 is 0 Å². The van der Waals surface area contributed by atoms with Gasteiger partial charge in [0.25, 0.3) is 0 Å². The fourth-order valence-electron chi connectivity index (χ4n) is 2.28. The molecule has 2 aliphatic heterocycles. The Morgan fingerprint density at radius 1 is 1.40 bits per heavy atom. The molecular weight excluding hydrogens is 190 g/mol. The third-order valence-electron chi connectivity index (χ3n) is 2.98. The number of rotatable bonds is 0. The van der Waals surface area contributed by atoms with Crippen molar-refractivity contribution >= 4 is 17.7 Å². The Balaban J connectivity index is 2.28. The number of benzene rings is 1. The molecule has 0 radical (unpaired) electrons. The minimum absolute atomic E-state index is 0.00630. The van der Waals surface area contributed by atoms with Crippen molar-refractivity contribution < 1.29 is 9.90 Å². The molecule has 2 aliphatic rings. The van der Waals surface area contributed by atoms with Crippen LogP contribution >= 0.6 is 0 Å². The standard InChI is InChI=1S/C12H11NO2/c14-10-7-11(15)13-6-2-4-8-3-1-5-9(10)12(8)13/h1-5,10,14H,6-7H2. The summed E-state index contributed by atoms with van der Waals surface area (Å²) in [6.07, 6.45) is 3.53. The molecule has 0 saturated carbocycles. The van der Waals surface area contributed by atoms with Gasteiger partial charge in [-0.25, -0.2) is 0 Å². The molecule has 0 fully saturated rings. The average Bonchev–Trinajstić information content (AvgIpc) is 2.25. The van der Waals surface area contributed by atoms with Crippen molar-refractivity contribution in [3.05, 3.63) is 35.4 Å². The molecule has 3 nitrogen and oxygen atoms in total. The molecule has 1 amide bonds. The highest BCUT2D eigenvalue weighted by Crippen LogP contribution is 2.39. The summed E-state index contributed by atoms with van der Waals surface area (Å²) in [5, 5.41) is 9.82. The van der Waals surface area contributed by atoms with Crippen molar-refractivity contribution in [2.45, 2.75) is 12.5 Å². The van der Waals surface area contributed by atoms with Crippen LogP contribution in [0.25, 0.3) is 6.08 Å². The summed E-state index contributed by atoms with van der Waals surface area (Å²) in [5.74, 6) is 0.00630. The molecule has 0 spiro atoms. The van der Waals surface area contributed by atoms with Gasteiger partial charge >= 0.3 is 0 Å². The predicted octanol–water partition coefficient (Wildman–Crippen LogP) is 1.48. The molecule has 15 heavy (non-hydrogen) atoms. The maximum atomic E-state index is 11.7. The van der Waals surface area contributed by atoms with E-state index in [2.05, 4.69) is 0 Å². The Morgan fingerprint density at radius 2 is 2.27 bits per heavy atom. The zero-order chi connectivity index (χ0) is 10.4. The Hall–Kier alpha value is -1.61. The highest BCUT2D eigenvalue weighted by atomic mass is 16.3. The molecule has 3 rings (SSSR count). The van der Waals surface area contributed by atoms with Crippen LogP contribution in [0, 0.1) is 0 Å². The number of amides is 1. The second kappa shape index (κ2) is 2.94. The minimum Gasteiger partial charge on any atom is -0.388 e. The second-order valence-corrected chi connectivity index (χ2v) is 3.91. The van der Waals surface area contributed by atoms with Crippen molar-refractivity contribution in [2.75, 3.05) is 11.4 Å². The first kappa shape index (κ1) is 8.68. The third-order valence-corrected chi connectivity index (χ3v) is 2.98. The van der Waals surface area contributed by atoms with Gasteiger partial charge in [0.15, 0.2) is 0 Å². The predicted molar refractivity (Wildman–Crippen MR) is 57.4 cm³/mol. The van der Waals surface area contributed by atoms with Crippen LogP contribution in [0.2, 0.25) is 0 Å². The van der Waals surface area contributed by atoms with E-state index in [9.17, 15) is 9.90 Å². The highest BCUT2D eigenvalue weighted by molar-refractivity contribution is 6.00. The molecule has 0 saturated heterocycles. The van der Waals surface area contributed by atoms with Crippen LogP contribution in [0.15, 0.2) is 24.3 Å². The first-order valence-corrected chi connectivity index (χ1v) is 5.05. The van der Waals surface area contributed by atoms with E-state index < -0.39 is 6.10 Å². The maximum absolute atomic E-state index is 11.7. The van der Waals surface area contributed by atoms with Crippen LogP contribution in [0.5, 0.6) is 0 Å². The van der Waals surface area contributed by atoms with Gasteiger partial charge < -0.3 is 10.0 Å². The molecule has 1 atom stereocenters. The summed E-state index contributed by atoms with van der Waals surface area (Å²) < 4.78 is 0. The smallest absolute Gasteiger partial charge is 0.230 e. The van der Waals surface area contributed by atoms with Crippen LogP contribution in [0.1, 0.15) is 23.7 Å². The van der Waals surface area contributed by atoms with E-state index in [1.54, 1.807) is 4.90 Å². The number of aliphatic hydroxyl groups is 1. The van der Waals surface area contributed by atoms with Gasteiger partial charge in [-0.15, -0.1) is 0 Å². The summed E-state index contributed by atoms with van der Waals surface area (Å²) in [4.78, 5) is 13.5. The molecule has 76 valence electrons.